The molecule has 4 amide bonds. The van der Waals surface area contributed by atoms with Gasteiger partial charge in [0, 0.05) is 44.9 Å². The second-order valence-electron chi connectivity index (χ2n) is 6.63. The van der Waals surface area contributed by atoms with Crippen LogP contribution in [0.1, 0.15) is 45.4 Å². The highest BCUT2D eigenvalue weighted by molar-refractivity contribution is 6.01. The first-order valence-electron chi connectivity index (χ1n) is 9.50. The SMILES string of the molecule is C[13CH2][13CH]1[13CH2][13CH2]N[15N]1C[13C](=O)NCCC(=O)[15NH]CC[13C](=O)ON1C(=O)CCC1=O. The Hall–Kier alpha value is -2.53. The molecule has 0 spiro atoms. The topological polar surface area (TPSA) is 137 Å². The zero-order valence-electron chi connectivity index (χ0n) is 16.0. The quantitative estimate of drug-likeness (QED) is 0.229. The molecule has 2 aliphatic rings. The van der Waals surface area contributed by atoms with E-state index in [0.717, 1.165) is 19.4 Å². The Bertz CT molecular complexity index is 609. The summed E-state index contributed by atoms with van der Waals surface area (Å²) in [6, 6.07) is 0.347. The molecular weight excluding hydrogens is 378 g/mol. The summed E-state index contributed by atoms with van der Waals surface area (Å²) in [4.78, 5) is 62.6. The molecule has 0 saturated carbocycles. The van der Waals surface area contributed by atoms with Crippen molar-refractivity contribution in [2.75, 3.05) is 26.2 Å². The average Bonchev–Trinajstić information content (AvgIpc) is 3.22. The molecule has 0 bridgehead atoms. The molecule has 28 heavy (non-hydrogen) atoms. The lowest BCUT2D eigenvalue weighted by atomic mass is 10.4. The van der Waals surface area contributed by atoms with Crippen molar-refractivity contribution < 1.29 is 28.8 Å². The minimum absolute atomic E-state index is 0.0116. The number of hydrogen-bond acceptors (Lipinski definition) is 8. The molecule has 3 N–H and O–H groups in total. The van der Waals surface area contributed by atoms with Crippen molar-refractivity contribution in [1.82, 2.24) is 26.1 Å². The van der Waals surface area contributed by atoms with Gasteiger partial charge in [0.15, 0.2) is 0 Å². The van der Waals surface area contributed by atoms with Crippen LogP contribution in [-0.2, 0) is 28.8 Å². The van der Waals surface area contributed by atoms with Crippen molar-refractivity contribution in [3.63, 3.8) is 0 Å². The van der Waals surface area contributed by atoms with E-state index in [1.54, 1.807) is 0 Å². The third kappa shape index (κ3) is 6.57. The van der Waals surface area contributed by atoms with E-state index in [1.807, 2.05) is 5.01 Å². The van der Waals surface area contributed by atoms with Crippen molar-refractivity contribution in [3.05, 3.63) is 0 Å². The largest absolute Gasteiger partial charge is 0.355 e. The number of carbonyl (C=O) groups is 5. The predicted molar refractivity (Wildman–Crippen MR) is 95.8 cm³/mol. The number of imide groups is 1. The smallest absolute Gasteiger partial charge is 0.334 e. The molecule has 2 heterocycles. The van der Waals surface area contributed by atoms with Crippen molar-refractivity contribution >= 4 is 29.6 Å². The summed E-state index contributed by atoms with van der Waals surface area (Å²) in [5, 5.41) is 7.59. The third-order valence-corrected chi connectivity index (χ3v) is 4.54. The van der Waals surface area contributed by atoms with Crippen LogP contribution in [0.25, 0.3) is 0 Å². The Morgan fingerprint density at radius 3 is 2.39 bits per heavy atom. The first kappa shape index (κ1) is 21.8. The van der Waals surface area contributed by atoms with Gasteiger partial charge in [0.05, 0.1) is 13.0 Å². The molecule has 1 atom stereocenters. The number of rotatable bonds is 10. The summed E-state index contributed by atoms with van der Waals surface area (Å²) in [5.74, 6) is -2.36. The van der Waals surface area contributed by atoms with Crippen LogP contribution in [0.15, 0.2) is 0 Å². The Kier molecular flexibility index (Phi) is 8.33. The fourth-order valence-corrected chi connectivity index (χ4v) is 2.99. The van der Waals surface area contributed by atoms with Crippen LogP contribution < -0.4 is 16.1 Å². The zero-order valence-corrected chi connectivity index (χ0v) is 16.0. The number of nitrogens with one attached hydrogen (secondary N) is 3. The van der Waals surface area contributed by atoms with Gasteiger partial charge in [-0.2, -0.15) is 0 Å². The average molecular weight is 405 g/mol. The van der Waals surface area contributed by atoms with E-state index in [9.17, 15) is 24.0 Å². The van der Waals surface area contributed by atoms with Crippen LogP contribution in [-0.4, -0.2) is 71.9 Å². The highest BCUT2D eigenvalue weighted by Gasteiger charge is 2.32. The van der Waals surface area contributed by atoms with E-state index < -0.39 is 17.8 Å². The van der Waals surface area contributed by atoms with E-state index in [2.05, 4.69) is 27.8 Å². The fourth-order valence-electron chi connectivity index (χ4n) is 2.99. The minimum Gasteiger partial charge on any atom is -0.355 e. The maximum atomic E-state index is 11.9. The van der Waals surface area contributed by atoms with Crippen LogP contribution in [0.4, 0.5) is 0 Å². The molecule has 1 unspecified atom stereocenters. The van der Waals surface area contributed by atoms with Gasteiger partial charge >= 0.3 is 5.97 Å². The second-order valence-corrected chi connectivity index (χ2v) is 6.63. The molecule has 0 aromatic carbocycles. The second kappa shape index (κ2) is 10.7. The van der Waals surface area contributed by atoms with Crippen LogP contribution in [0, 0.1) is 0 Å². The Morgan fingerprint density at radius 1 is 1.07 bits per heavy atom. The number of hydrazine groups is 1. The third-order valence-electron chi connectivity index (χ3n) is 4.54. The summed E-state index contributed by atoms with van der Waals surface area (Å²) in [6.45, 7) is 3.37. The molecule has 2 aliphatic heterocycles. The Balaban J connectivity index is 1.54. The number of carbonyl (C=O) groups excluding carboxylic acids is 5. The summed E-state index contributed by atoms with van der Waals surface area (Å²) in [5.41, 5.74) is 3.16. The maximum absolute atomic E-state index is 11.9. The lowest BCUT2D eigenvalue weighted by molar-refractivity contribution is -0.197. The molecule has 0 aromatic heterocycles. The lowest BCUT2D eigenvalue weighted by Crippen LogP contribution is -2.45. The van der Waals surface area contributed by atoms with Gasteiger partial charge < -0.3 is 15.5 Å². The van der Waals surface area contributed by atoms with Gasteiger partial charge in [-0.05, 0) is 12.8 Å². The van der Waals surface area contributed by atoms with Gasteiger partial charge in [0.2, 0.25) is 11.8 Å². The van der Waals surface area contributed by atoms with E-state index >= 15 is 0 Å². The Labute approximate surface area is 163 Å². The fraction of sp³-hybridized carbons (Fsp3) is 0.706. The summed E-state index contributed by atoms with van der Waals surface area (Å²) < 4.78 is 0. The van der Waals surface area contributed by atoms with Gasteiger partial charge in [0.25, 0.3) is 11.8 Å². The Morgan fingerprint density at radius 2 is 1.71 bits per heavy atom. The van der Waals surface area contributed by atoms with Gasteiger partial charge in [-0.25, -0.2) is 9.80 Å². The zero-order chi connectivity index (χ0) is 20.5. The molecule has 11 heteroatoms. The normalized spacial score (nSPS) is 19.8. The number of amides is 4. The molecule has 2 rings (SSSR count). The van der Waals surface area contributed by atoms with Crippen LogP contribution in [0.3, 0.4) is 0 Å². The van der Waals surface area contributed by atoms with E-state index in [-0.39, 0.29) is 57.1 Å². The van der Waals surface area contributed by atoms with Crippen molar-refractivity contribution in [2.24, 2.45) is 0 Å². The van der Waals surface area contributed by atoms with Crippen LogP contribution >= 0.6 is 0 Å². The molecule has 156 valence electrons. The van der Waals surface area contributed by atoms with Gasteiger partial charge in [-0.15, -0.1) is 5.06 Å². The summed E-state index contributed by atoms with van der Waals surface area (Å²) in [7, 11) is 0. The van der Waals surface area contributed by atoms with Crippen molar-refractivity contribution in [2.45, 2.75) is 51.5 Å². The maximum Gasteiger partial charge on any atom is 0.334 e. The van der Waals surface area contributed by atoms with Gasteiger partial charge in [-0.1, -0.05) is 6.92 Å². The molecule has 0 aromatic rings. The highest BCUT2D eigenvalue weighted by atomic mass is 16.8. The summed E-state index contributed by atoms with van der Waals surface area (Å²) in [6.07, 6.45) is 1.94. The number of nitrogens with zero attached hydrogens (tertiary/aromatic N) is 2. The van der Waals surface area contributed by atoms with Gasteiger partial charge in [0.1, 0.15) is 0 Å². The molecule has 2 saturated heterocycles. The van der Waals surface area contributed by atoms with Gasteiger partial charge in [-0.3, -0.25) is 24.6 Å². The van der Waals surface area contributed by atoms with E-state index in [0.29, 0.717) is 11.1 Å². The highest BCUT2D eigenvalue weighted by Crippen LogP contribution is 2.12. The molecule has 2 fully saturated rings. The molecule has 0 radical (unpaired) electrons. The van der Waals surface area contributed by atoms with E-state index in [4.69, 9.17) is 0 Å². The first-order valence-corrected chi connectivity index (χ1v) is 9.50. The first-order chi connectivity index (χ1) is 13.4. The van der Waals surface area contributed by atoms with Crippen LogP contribution in [0.2, 0.25) is 0 Å². The standard InChI is InChI=1S/C17H27N5O6/c1-2-12-5-10-20-21(12)11-14(24)19-8-6-13(23)18-9-7-17(27)28-22-15(25)3-4-16(22)26/h12,20H,2-11H2,1H3,(H,18,23)(H,19,24)/i2+1,5+1,10+1,12+1,14+1,17+1,18+1,21+1. The van der Waals surface area contributed by atoms with Crippen molar-refractivity contribution in [3.8, 4) is 0 Å². The minimum atomic E-state index is -0.777. The molecule has 11 nitrogen and oxygen atoms in total. The van der Waals surface area contributed by atoms with E-state index in [1.165, 1.54) is 0 Å². The predicted octanol–water partition coefficient (Wildman–Crippen LogP) is -1.40. The number of hydrogen-bond donors (Lipinski definition) is 3. The molecule has 0 aliphatic carbocycles. The molecular formula is C17H27N5O6. The van der Waals surface area contributed by atoms with Crippen LogP contribution in [0.5, 0.6) is 0 Å². The summed E-state index contributed by atoms with van der Waals surface area (Å²) >= 11 is 0. The monoisotopic (exact) mass is 405 g/mol. The van der Waals surface area contributed by atoms with Crippen molar-refractivity contribution in [1.29, 1.82) is 0 Å². The lowest BCUT2D eigenvalue weighted by Gasteiger charge is -2.22. The number of hydroxylamine groups is 2.